The molecular weight excluding hydrogens is 354 g/mol. The summed E-state index contributed by atoms with van der Waals surface area (Å²) in [5.41, 5.74) is 1.94. The van der Waals surface area contributed by atoms with Crippen LogP contribution in [0.5, 0.6) is 11.5 Å². The topological polar surface area (TPSA) is 38.8 Å². The molecule has 1 amide bonds. The molecule has 2 aliphatic heterocycles. The normalized spacial score (nSPS) is 18.9. The predicted octanol–water partition coefficient (Wildman–Crippen LogP) is 4.38. The van der Waals surface area contributed by atoms with Crippen LogP contribution in [-0.4, -0.2) is 21.9 Å². The van der Waals surface area contributed by atoms with Crippen LogP contribution in [0.4, 0.5) is 0 Å². The van der Waals surface area contributed by atoms with Gasteiger partial charge in [0.2, 0.25) is 6.79 Å². The highest BCUT2D eigenvalue weighted by Crippen LogP contribution is 2.39. The first kappa shape index (κ1) is 16.2. The lowest BCUT2D eigenvalue weighted by Gasteiger charge is -2.23. The van der Waals surface area contributed by atoms with Gasteiger partial charge in [-0.25, -0.2) is 0 Å². The Morgan fingerprint density at radius 1 is 1.16 bits per heavy atom. The van der Waals surface area contributed by atoms with E-state index < -0.39 is 0 Å². The maximum Gasteiger partial charge on any atom is 0.266 e. The van der Waals surface area contributed by atoms with Crippen LogP contribution in [0.2, 0.25) is 0 Å². The van der Waals surface area contributed by atoms with E-state index in [0.717, 1.165) is 16.9 Å². The van der Waals surface area contributed by atoms with E-state index in [1.165, 1.54) is 11.8 Å². The largest absolute Gasteiger partial charge is 0.454 e. The number of fused-ring (bicyclic) bond motifs is 1. The third-order valence-electron chi connectivity index (χ3n) is 4.19. The molecule has 0 aromatic heterocycles. The molecule has 0 aliphatic carbocycles. The van der Waals surface area contributed by atoms with E-state index in [9.17, 15) is 4.79 Å². The van der Waals surface area contributed by atoms with Crippen molar-refractivity contribution in [3.63, 3.8) is 0 Å². The number of nitrogens with zero attached hydrogens (tertiary/aromatic N) is 1. The molecule has 0 spiro atoms. The molecule has 0 radical (unpaired) electrons. The van der Waals surface area contributed by atoms with Crippen LogP contribution in [0.3, 0.4) is 0 Å². The fourth-order valence-corrected chi connectivity index (χ4v) is 4.27. The lowest BCUT2D eigenvalue weighted by atomic mass is 10.1. The van der Waals surface area contributed by atoms with E-state index in [4.69, 9.17) is 21.7 Å². The maximum absolute atomic E-state index is 12.9. The highest BCUT2D eigenvalue weighted by Gasteiger charge is 2.35. The van der Waals surface area contributed by atoms with Crippen LogP contribution < -0.4 is 9.47 Å². The van der Waals surface area contributed by atoms with Crippen molar-refractivity contribution >= 4 is 40.3 Å². The molecule has 2 aliphatic rings. The minimum Gasteiger partial charge on any atom is -0.454 e. The fourth-order valence-electron chi connectivity index (χ4n) is 2.85. The smallest absolute Gasteiger partial charge is 0.266 e. The second kappa shape index (κ2) is 6.54. The first-order chi connectivity index (χ1) is 12.1. The Balaban J connectivity index is 1.61. The van der Waals surface area contributed by atoms with Gasteiger partial charge in [-0.05, 0) is 36.3 Å². The zero-order valence-electron chi connectivity index (χ0n) is 13.5. The van der Waals surface area contributed by atoms with Gasteiger partial charge in [-0.15, -0.1) is 0 Å². The molecule has 1 saturated heterocycles. The van der Waals surface area contributed by atoms with E-state index in [1.807, 2.05) is 61.5 Å². The van der Waals surface area contributed by atoms with Gasteiger partial charge in [-0.1, -0.05) is 60.4 Å². The van der Waals surface area contributed by atoms with E-state index in [2.05, 4.69) is 0 Å². The number of carbonyl (C=O) groups excluding carboxylic acids is 1. The number of thiocarbonyl (C=S) groups is 1. The minimum atomic E-state index is -0.101. The molecular formula is C19H15NO3S2. The molecule has 1 atom stereocenters. The standard InChI is InChI=1S/C19H15NO3S2/c1-12(14-5-3-2-4-6-14)20-18(21)17(25-19(20)24)10-13-7-8-15-16(9-13)23-11-22-15/h2-10,12H,11H2,1H3. The maximum atomic E-state index is 12.9. The Bertz CT molecular complexity index is 879. The van der Waals surface area contributed by atoms with Gasteiger partial charge >= 0.3 is 0 Å². The molecule has 2 heterocycles. The van der Waals surface area contributed by atoms with Gasteiger partial charge in [-0.2, -0.15) is 0 Å². The van der Waals surface area contributed by atoms with E-state index in [-0.39, 0.29) is 18.7 Å². The molecule has 0 N–H and O–H groups in total. The number of carbonyl (C=O) groups is 1. The zero-order valence-corrected chi connectivity index (χ0v) is 15.1. The first-order valence-electron chi connectivity index (χ1n) is 7.85. The van der Waals surface area contributed by atoms with Crippen LogP contribution in [-0.2, 0) is 4.79 Å². The van der Waals surface area contributed by atoms with Crippen molar-refractivity contribution in [3.05, 3.63) is 64.6 Å². The molecule has 1 fully saturated rings. The average molecular weight is 369 g/mol. The molecule has 4 rings (SSSR count). The second-order valence-corrected chi connectivity index (χ2v) is 7.43. The van der Waals surface area contributed by atoms with Gasteiger partial charge in [-0.3, -0.25) is 9.69 Å². The van der Waals surface area contributed by atoms with Crippen molar-refractivity contribution in [3.8, 4) is 11.5 Å². The van der Waals surface area contributed by atoms with Crippen molar-refractivity contribution < 1.29 is 14.3 Å². The Labute approximate surface area is 155 Å². The number of amides is 1. The van der Waals surface area contributed by atoms with Crippen molar-refractivity contribution in [1.29, 1.82) is 0 Å². The Morgan fingerprint density at radius 3 is 2.72 bits per heavy atom. The molecule has 4 nitrogen and oxygen atoms in total. The number of hydrogen-bond donors (Lipinski definition) is 0. The third kappa shape index (κ3) is 3.03. The van der Waals surface area contributed by atoms with Crippen LogP contribution in [0.15, 0.2) is 53.4 Å². The van der Waals surface area contributed by atoms with Crippen LogP contribution in [0.1, 0.15) is 24.1 Å². The van der Waals surface area contributed by atoms with Gasteiger partial charge in [0.05, 0.1) is 10.9 Å². The highest BCUT2D eigenvalue weighted by atomic mass is 32.2. The van der Waals surface area contributed by atoms with E-state index in [0.29, 0.717) is 15.0 Å². The number of benzene rings is 2. The SMILES string of the molecule is CC(c1ccccc1)N1C(=O)C(=Cc2ccc3c(c2)OCO3)SC1=S. The summed E-state index contributed by atoms with van der Waals surface area (Å²) in [7, 11) is 0. The number of rotatable bonds is 3. The van der Waals surface area contributed by atoms with E-state index >= 15 is 0 Å². The van der Waals surface area contributed by atoms with Crippen molar-refractivity contribution in [1.82, 2.24) is 4.90 Å². The molecule has 126 valence electrons. The summed E-state index contributed by atoms with van der Waals surface area (Å²) in [5, 5.41) is 0. The fraction of sp³-hybridized carbons (Fsp3) is 0.158. The Kier molecular flexibility index (Phi) is 4.23. The summed E-state index contributed by atoms with van der Waals surface area (Å²) >= 11 is 6.78. The summed E-state index contributed by atoms with van der Waals surface area (Å²) in [4.78, 5) is 15.2. The lowest BCUT2D eigenvalue weighted by Crippen LogP contribution is -2.30. The molecule has 2 aromatic carbocycles. The summed E-state index contributed by atoms with van der Waals surface area (Å²) < 4.78 is 11.3. The van der Waals surface area contributed by atoms with Crippen LogP contribution >= 0.6 is 24.0 Å². The molecule has 6 heteroatoms. The average Bonchev–Trinajstić information content (AvgIpc) is 3.19. The Hall–Kier alpha value is -2.31. The molecule has 0 saturated carbocycles. The van der Waals surface area contributed by atoms with Crippen LogP contribution in [0, 0.1) is 0 Å². The van der Waals surface area contributed by atoms with Crippen molar-refractivity contribution in [2.24, 2.45) is 0 Å². The third-order valence-corrected chi connectivity index (χ3v) is 5.52. The first-order valence-corrected chi connectivity index (χ1v) is 9.07. The summed E-state index contributed by atoms with van der Waals surface area (Å²) in [6.07, 6.45) is 1.85. The summed E-state index contributed by atoms with van der Waals surface area (Å²) in [5.74, 6) is 1.35. The van der Waals surface area contributed by atoms with Gasteiger partial charge in [0.15, 0.2) is 11.5 Å². The molecule has 2 aromatic rings. The van der Waals surface area contributed by atoms with Crippen molar-refractivity contribution in [2.45, 2.75) is 13.0 Å². The lowest BCUT2D eigenvalue weighted by molar-refractivity contribution is -0.123. The second-order valence-electron chi connectivity index (χ2n) is 5.75. The monoisotopic (exact) mass is 369 g/mol. The molecule has 1 unspecified atom stereocenters. The summed E-state index contributed by atoms with van der Waals surface area (Å²) in [6.45, 7) is 2.22. The van der Waals surface area contributed by atoms with Gasteiger partial charge in [0.1, 0.15) is 4.32 Å². The van der Waals surface area contributed by atoms with Crippen molar-refractivity contribution in [2.75, 3.05) is 6.79 Å². The van der Waals surface area contributed by atoms with Gasteiger partial charge < -0.3 is 9.47 Å². The zero-order chi connectivity index (χ0) is 17.4. The highest BCUT2D eigenvalue weighted by molar-refractivity contribution is 8.26. The van der Waals surface area contributed by atoms with Gasteiger partial charge in [0.25, 0.3) is 5.91 Å². The molecule has 0 bridgehead atoms. The molecule has 25 heavy (non-hydrogen) atoms. The quantitative estimate of drug-likeness (QED) is 0.593. The number of ether oxygens (including phenoxy) is 2. The minimum absolute atomic E-state index is 0.0657. The number of thioether (sulfide) groups is 1. The van der Waals surface area contributed by atoms with Gasteiger partial charge in [0, 0.05) is 0 Å². The van der Waals surface area contributed by atoms with Crippen LogP contribution in [0.25, 0.3) is 6.08 Å². The Morgan fingerprint density at radius 2 is 1.92 bits per heavy atom. The van der Waals surface area contributed by atoms with E-state index in [1.54, 1.807) is 4.90 Å². The number of hydrogen-bond acceptors (Lipinski definition) is 5. The predicted molar refractivity (Wildman–Crippen MR) is 102 cm³/mol. The summed E-state index contributed by atoms with van der Waals surface area (Å²) in [6, 6.07) is 15.4.